The van der Waals surface area contributed by atoms with Crippen molar-refractivity contribution < 1.29 is 14.2 Å². The molecule has 1 aromatic rings. The van der Waals surface area contributed by atoms with Crippen molar-refractivity contribution in [1.82, 2.24) is 0 Å². The zero-order chi connectivity index (χ0) is 13.8. The van der Waals surface area contributed by atoms with Gasteiger partial charge in [-0.1, -0.05) is 17.7 Å². The number of rotatable bonds is 6. The fraction of sp³-hybridized carbons (Fsp3) is 0.600. The van der Waals surface area contributed by atoms with Crippen LogP contribution in [0.25, 0.3) is 0 Å². The zero-order valence-corrected chi connectivity index (χ0v) is 11.9. The first-order chi connectivity index (χ1) is 9.08. The van der Waals surface area contributed by atoms with Crippen LogP contribution in [0.4, 0.5) is 4.39 Å². The smallest absolute Gasteiger partial charge is 0.141 e. The Bertz CT molecular complexity index is 419. The molecule has 19 heavy (non-hydrogen) atoms. The second-order valence-corrected chi connectivity index (χ2v) is 5.66. The molecule has 0 spiro atoms. The van der Waals surface area contributed by atoms with E-state index in [4.69, 9.17) is 16.3 Å². The number of benzene rings is 1. The molecule has 1 aliphatic carbocycles. The molecule has 1 atom stereocenters. The Balaban J connectivity index is 1.75. The van der Waals surface area contributed by atoms with Crippen LogP contribution in [0.2, 0.25) is 5.02 Å². The topological polar surface area (TPSA) is 29.5 Å². The van der Waals surface area contributed by atoms with Crippen molar-refractivity contribution in [3.63, 3.8) is 0 Å². The second kappa shape index (κ2) is 6.69. The van der Waals surface area contributed by atoms with Crippen LogP contribution in [-0.4, -0.2) is 23.9 Å². The Morgan fingerprint density at radius 3 is 2.84 bits per heavy atom. The Hall–Kier alpha value is -0.640. The van der Waals surface area contributed by atoms with Gasteiger partial charge < -0.3 is 9.84 Å². The molecule has 0 amide bonds. The minimum atomic E-state index is -0.418. The summed E-state index contributed by atoms with van der Waals surface area (Å²) in [6, 6.07) is 4.61. The molecule has 1 unspecified atom stereocenters. The van der Waals surface area contributed by atoms with Crippen LogP contribution in [0.5, 0.6) is 0 Å². The van der Waals surface area contributed by atoms with Crippen LogP contribution in [0, 0.1) is 11.7 Å². The first-order valence-electron chi connectivity index (χ1n) is 6.82. The molecular formula is C15H20ClFO2. The molecule has 0 heterocycles. The summed E-state index contributed by atoms with van der Waals surface area (Å²) in [5.74, 6) is 0.126. The molecule has 0 bridgehead atoms. The summed E-state index contributed by atoms with van der Waals surface area (Å²) in [5.41, 5.74) is 0.875. The van der Waals surface area contributed by atoms with Gasteiger partial charge in [0.15, 0.2) is 0 Å². The maximum atomic E-state index is 13.0. The molecule has 1 aliphatic rings. The van der Waals surface area contributed by atoms with Crippen molar-refractivity contribution in [2.45, 2.75) is 44.8 Å². The van der Waals surface area contributed by atoms with E-state index in [2.05, 4.69) is 0 Å². The van der Waals surface area contributed by atoms with E-state index in [0.717, 1.165) is 31.4 Å². The molecule has 2 nitrogen and oxygen atoms in total. The Morgan fingerprint density at radius 1 is 1.47 bits per heavy atom. The molecule has 0 radical (unpaired) electrons. The van der Waals surface area contributed by atoms with Crippen LogP contribution in [-0.2, 0) is 11.2 Å². The number of aliphatic hydroxyl groups is 1. The summed E-state index contributed by atoms with van der Waals surface area (Å²) in [5, 5.41) is 10.2. The molecule has 1 aromatic carbocycles. The highest BCUT2D eigenvalue weighted by Gasteiger charge is 2.30. The van der Waals surface area contributed by atoms with Gasteiger partial charge in [-0.05, 0) is 56.2 Å². The van der Waals surface area contributed by atoms with Crippen molar-refractivity contribution in [3.8, 4) is 0 Å². The average molecular weight is 287 g/mol. The number of aliphatic hydroxyl groups excluding tert-OH is 1. The van der Waals surface area contributed by atoms with E-state index in [1.807, 2.05) is 6.92 Å². The van der Waals surface area contributed by atoms with Gasteiger partial charge in [0.1, 0.15) is 5.82 Å². The molecule has 2 rings (SSSR count). The Kier molecular flexibility index (Phi) is 5.20. The van der Waals surface area contributed by atoms with Gasteiger partial charge in [0.05, 0.1) is 17.2 Å². The van der Waals surface area contributed by atoms with E-state index in [9.17, 15) is 9.50 Å². The lowest BCUT2D eigenvalue weighted by atomic mass is 9.78. The molecule has 4 heteroatoms. The fourth-order valence-corrected chi connectivity index (χ4v) is 2.85. The largest absolute Gasteiger partial charge is 0.393 e. The van der Waals surface area contributed by atoms with Crippen molar-refractivity contribution in [3.05, 3.63) is 34.6 Å². The van der Waals surface area contributed by atoms with Gasteiger partial charge in [0.25, 0.3) is 0 Å². The third kappa shape index (κ3) is 4.16. The van der Waals surface area contributed by atoms with Gasteiger partial charge in [-0.25, -0.2) is 4.39 Å². The van der Waals surface area contributed by atoms with Gasteiger partial charge >= 0.3 is 0 Å². The normalized spacial score (nSPS) is 24.0. The Morgan fingerprint density at radius 2 is 2.21 bits per heavy atom. The summed E-state index contributed by atoms with van der Waals surface area (Å²) in [6.45, 7) is 2.76. The first kappa shape index (κ1) is 14.8. The number of hydrogen-bond donors (Lipinski definition) is 1. The minimum Gasteiger partial charge on any atom is -0.393 e. The lowest BCUT2D eigenvalue weighted by Crippen LogP contribution is -2.34. The number of halogens is 2. The summed E-state index contributed by atoms with van der Waals surface area (Å²) in [7, 11) is 0. The zero-order valence-electron chi connectivity index (χ0n) is 11.1. The maximum Gasteiger partial charge on any atom is 0.141 e. The molecule has 0 saturated heterocycles. The number of hydrogen-bond acceptors (Lipinski definition) is 2. The van der Waals surface area contributed by atoms with E-state index in [1.54, 1.807) is 12.1 Å². The quantitative estimate of drug-likeness (QED) is 0.866. The molecule has 0 aliphatic heterocycles. The molecule has 106 valence electrons. The van der Waals surface area contributed by atoms with E-state index in [-0.39, 0.29) is 5.02 Å². The molecule has 1 fully saturated rings. The van der Waals surface area contributed by atoms with Crippen LogP contribution < -0.4 is 0 Å². The molecule has 1 saturated carbocycles. The van der Waals surface area contributed by atoms with E-state index in [1.165, 1.54) is 6.07 Å². The third-order valence-corrected chi connectivity index (χ3v) is 3.95. The van der Waals surface area contributed by atoms with E-state index >= 15 is 0 Å². The number of ether oxygens (including phenoxy) is 1. The lowest BCUT2D eigenvalue weighted by Gasteiger charge is -2.36. The average Bonchev–Trinajstić information content (AvgIpc) is 2.31. The summed E-state index contributed by atoms with van der Waals surface area (Å²) in [6.07, 6.45) is 3.36. The van der Waals surface area contributed by atoms with Gasteiger partial charge in [-0.15, -0.1) is 0 Å². The Labute approximate surface area is 118 Å². The molecule has 0 aromatic heterocycles. The van der Waals surface area contributed by atoms with Gasteiger partial charge in [0, 0.05) is 6.61 Å². The SMILES string of the molecule is CCOC1CC(CC(O)Cc2ccc(F)c(Cl)c2)C1. The molecule has 1 N–H and O–H groups in total. The standard InChI is InChI=1S/C15H20ClFO2/c1-2-19-13-7-11(8-13)6-12(18)5-10-3-4-15(17)14(16)9-10/h3-4,9,11-13,18H,2,5-8H2,1H3. The van der Waals surface area contributed by atoms with Crippen molar-refractivity contribution in [2.75, 3.05) is 6.61 Å². The molecular weight excluding hydrogens is 267 g/mol. The van der Waals surface area contributed by atoms with Crippen LogP contribution in [0.1, 0.15) is 31.7 Å². The maximum absolute atomic E-state index is 13.0. The van der Waals surface area contributed by atoms with E-state index < -0.39 is 11.9 Å². The first-order valence-corrected chi connectivity index (χ1v) is 7.19. The minimum absolute atomic E-state index is 0.116. The highest BCUT2D eigenvalue weighted by Crippen LogP contribution is 2.34. The van der Waals surface area contributed by atoms with Gasteiger partial charge in [-0.3, -0.25) is 0 Å². The summed E-state index contributed by atoms with van der Waals surface area (Å²) in [4.78, 5) is 0. The monoisotopic (exact) mass is 286 g/mol. The van der Waals surface area contributed by atoms with Crippen molar-refractivity contribution >= 4 is 11.6 Å². The van der Waals surface area contributed by atoms with Crippen molar-refractivity contribution in [2.24, 2.45) is 5.92 Å². The second-order valence-electron chi connectivity index (χ2n) is 5.26. The van der Waals surface area contributed by atoms with Crippen LogP contribution in [0.3, 0.4) is 0 Å². The van der Waals surface area contributed by atoms with Crippen molar-refractivity contribution in [1.29, 1.82) is 0 Å². The highest BCUT2D eigenvalue weighted by atomic mass is 35.5. The van der Waals surface area contributed by atoms with Gasteiger partial charge in [-0.2, -0.15) is 0 Å². The predicted molar refractivity (Wildman–Crippen MR) is 73.9 cm³/mol. The highest BCUT2D eigenvalue weighted by molar-refractivity contribution is 6.30. The summed E-state index contributed by atoms with van der Waals surface area (Å²) >= 11 is 5.72. The predicted octanol–water partition coefficient (Wildman–Crippen LogP) is 3.59. The third-order valence-electron chi connectivity index (χ3n) is 3.66. The fourth-order valence-electron chi connectivity index (χ4n) is 2.65. The lowest BCUT2D eigenvalue weighted by molar-refractivity contribution is -0.0375. The summed E-state index contributed by atoms with van der Waals surface area (Å²) < 4.78 is 18.5. The van der Waals surface area contributed by atoms with Crippen LogP contribution >= 0.6 is 11.6 Å². The van der Waals surface area contributed by atoms with Gasteiger partial charge in [0.2, 0.25) is 0 Å². The van der Waals surface area contributed by atoms with E-state index in [0.29, 0.717) is 18.4 Å². The van der Waals surface area contributed by atoms with Crippen LogP contribution in [0.15, 0.2) is 18.2 Å².